The largest absolute Gasteiger partial charge is 0.347 e. The number of carbonyl (C=O) groups excluding carboxylic acids is 1. The first-order valence-electron chi connectivity index (χ1n) is 6.68. The van der Waals surface area contributed by atoms with Crippen molar-refractivity contribution in [3.8, 4) is 0 Å². The van der Waals surface area contributed by atoms with Crippen LogP contribution >= 0.6 is 0 Å². The third-order valence-electron chi connectivity index (χ3n) is 3.46. The molecule has 1 aromatic rings. The van der Waals surface area contributed by atoms with Gasteiger partial charge in [-0.1, -0.05) is 0 Å². The van der Waals surface area contributed by atoms with Crippen LogP contribution in [0.15, 0.2) is 24.5 Å². The van der Waals surface area contributed by atoms with Crippen molar-refractivity contribution in [2.75, 3.05) is 33.7 Å². The highest BCUT2D eigenvalue weighted by Crippen LogP contribution is 2.23. The monoisotopic (exact) mass is 262 g/mol. The lowest BCUT2D eigenvalue weighted by atomic mass is 10.0. The second kappa shape index (κ2) is 6.12. The number of hydrogen-bond donors (Lipinski definition) is 1. The molecule has 19 heavy (non-hydrogen) atoms. The molecule has 1 amide bonds. The minimum Gasteiger partial charge on any atom is -0.347 e. The van der Waals surface area contributed by atoms with E-state index < -0.39 is 0 Å². The van der Waals surface area contributed by atoms with Crippen molar-refractivity contribution in [3.63, 3.8) is 0 Å². The van der Waals surface area contributed by atoms with Crippen LogP contribution in [-0.2, 0) is 4.79 Å². The summed E-state index contributed by atoms with van der Waals surface area (Å²) in [7, 11) is 3.62. The highest BCUT2D eigenvalue weighted by Gasteiger charge is 2.31. The summed E-state index contributed by atoms with van der Waals surface area (Å²) in [4.78, 5) is 20.4. The number of amides is 1. The summed E-state index contributed by atoms with van der Waals surface area (Å²) in [5, 5.41) is 3.41. The van der Waals surface area contributed by atoms with Gasteiger partial charge >= 0.3 is 0 Å². The topological polar surface area (TPSA) is 48.5 Å². The third-order valence-corrected chi connectivity index (χ3v) is 3.46. The van der Waals surface area contributed by atoms with Crippen LogP contribution in [0.4, 0.5) is 0 Å². The van der Waals surface area contributed by atoms with Gasteiger partial charge in [0.1, 0.15) is 6.04 Å². The number of hydrogen-bond acceptors (Lipinski definition) is 4. The Labute approximate surface area is 114 Å². The SMILES string of the molecule is CC1CN(C(C(=O)N(C)C)c2ccncc2)CCN1. The van der Waals surface area contributed by atoms with E-state index in [1.54, 1.807) is 17.3 Å². The zero-order chi connectivity index (χ0) is 13.8. The van der Waals surface area contributed by atoms with E-state index in [4.69, 9.17) is 0 Å². The Morgan fingerprint density at radius 1 is 1.47 bits per heavy atom. The lowest BCUT2D eigenvalue weighted by Crippen LogP contribution is -2.53. The van der Waals surface area contributed by atoms with Gasteiger partial charge in [-0.25, -0.2) is 0 Å². The van der Waals surface area contributed by atoms with Gasteiger partial charge < -0.3 is 10.2 Å². The number of rotatable bonds is 3. The summed E-state index contributed by atoms with van der Waals surface area (Å²) >= 11 is 0. The maximum atomic E-state index is 12.5. The van der Waals surface area contributed by atoms with Crippen LogP contribution in [0.5, 0.6) is 0 Å². The van der Waals surface area contributed by atoms with Gasteiger partial charge in [-0.15, -0.1) is 0 Å². The van der Waals surface area contributed by atoms with Crippen molar-refractivity contribution in [1.82, 2.24) is 20.1 Å². The summed E-state index contributed by atoms with van der Waals surface area (Å²) in [6.45, 7) is 4.84. The second-order valence-corrected chi connectivity index (χ2v) is 5.27. The van der Waals surface area contributed by atoms with Crippen LogP contribution in [0, 0.1) is 0 Å². The fourth-order valence-corrected chi connectivity index (χ4v) is 2.50. The zero-order valence-corrected chi connectivity index (χ0v) is 11.8. The molecule has 1 aromatic heterocycles. The number of aromatic nitrogens is 1. The number of piperazine rings is 1. The van der Waals surface area contributed by atoms with Crippen molar-refractivity contribution in [3.05, 3.63) is 30.1 Å². The quantitative estimate of drug-likeness (QED) is 0.862. The first-order valence-corrected chi connectivity index (χ1v) is 6.68. The number of pyridine rings is 1. The first-order chi connectivity index (χ1) is 9.09. The number of carbonyl (C=O) groups is 1. The molecule has 5 heteroatoms. The molecular formula is C14H22N4O. The zero-order valence-electron chi connectivity index (χ0n) is 11.8. The van der Waals surface area contributed by atoms with Crippen molar-refractivity contribution in [2.45, 2.75) is 19.0 Å². The van der Waals surface area contributed by atoms with E-state index in [1.807, 2.05) is 26.2 Å². The summed E-state index contributed by atoms with van der Waals surface area (Å²) < 4.78 is 0. The van der Waals surface area contributed by atoms with Crippen LogP contribution in [0.1, 0.15) is 18.5 Å². The first kappa shape index (κ1) is 14.0. The van der Waals surface area contributed by atoms with Gasteiger partial charge in [0.05, 0.1) is 0 Å². The van der Waals surface area contributed by atoms with E-state index in [-0.39, 0.29) is 11.9 Å². The molecule has 0 radical (unpaired) electrons. The highest BCUT2D eigenvalue weighted by molar-refractivity contribution is 5.82. The molecule has 0 aliphatic carbocycles. The molecule has 2 rings (SSSR count). The average molecular weight is 262 g/mol. The molecule has 2 atom stereocenters. The average Bonchev–Trinajstić information content (AvgIpc) is 2.40. The Hall–Kier alpha value is -1.46. The van der Waals surface area contributed by atoms with E-state index in [1.165, 1.54) is 0 Å². The van der Waals surface area contributed by atoms with Crippen LogP contribution in [-0.4, -0.2) is 60.5 Å². The minimum atomic E-state index is -0.206. The van der Waals surface area contributed by atoms with Gasteiger partial charge in [0.15, 0.2) is 0 Å². The smallest absolute Gasteiger partial charge is 0.244 e. The molecule has 1 aliphatic rings. The number of nitrogens with one attached hydrogen (secondary N) is 1. The molecule has 0 bridgehead atoms. The summed E-state index contributed by atoms with van der Waals surface area (Å²) in [6.07, 6.45) is 3.49. The third kappa shape index (κ3) is 3.30. The minimum absolute atomic E-state index is 0.125. The van der Waals surface area contributed by atoms with E-state index in [0.29, 0.717) is 6.04 Å². The Kier molecular flexibility index (Phi) is 4.50. The van der Waals surface area contributed by atoms with Crippen molar-refractivity contribution >= 4 is 5.91 Å². The predicted octanol–water partition coefficient (Wildman–Crippen LogP) is 0.505. The molecule has 0 spiro atoms. The number of likely N-dealkylation sites (N-methyl/N-ethyl adjacent to an activating group) is 1. The van der Waals surface area contributed by atoms with Gasteiger partial charge in [-0.2, -0.15) is 0 Å². The molecule has 2 unspecified atom stereocenters. The lowest BCUT2D eigenvalue weighted by Gasteiger charge is -2.38. The predicted molar refractivity (Wildman–Crippen MR) is 74.7 cm³/mol. The molecule has 5 nitrogen and oxygen atoms in total. The maximum Gasteiger partial charge on any atom is 0.244 e. The Morgan fingerprint density at radius 3 is 2.74 bits per heavy atom. The summed E-state index contributed by atoms with van der Waals surface area (Å²) in [6, 6.07) is 4.06. The fraction of sp³-hybridized carbons (Fsp3) is 0.571. The Balaban J connectivity index is 2.26. The molecule has 0 aromatic carbocycles. The van der Waals surface area contributed by atoms with E-state index in [2.05, 4.69) is 22.1 Å². The van der Waals surface area contributed by atoms with Crippen LogP contribution < -0.4 is 5.32 Å². The van der Waals surface area contributed by atoms with Gasteiger partial charge in [0.25, 0.3) is 0 Å². The Morgan fingerprint density at radius 2 is 2.16 bits per heavy atom. The van der Waals surface area contributed by atoms with Crippen molar-refractivity contribution in [2.24, 2.45) is 0 Å². The molecule has 104 valence electrons. The molecule has 2 heterocycles. The highest BCUT2D eigenvalue weighted by atomic mass is 16.2. The fourth-order valence-electron chi connectivity index (χ4n) is 2.50. The van der Waals surface area contributed by atoms with Gasteiger partial charge in [-0.05, 0) is 24.6 Å². The Bertz CT molecular complexity index is 421. The molecule has 1 N–H and O–H groups in total. The molecular weight excluding hydrogens is 240 g/mol. The summed E-state index contributed by atoms with van der Waals surface area (Å²) in [5.74, 6) is 0.125. The molecule has 0 saturated carbocycles. The second-order valence-electron chi connectivity index (χ2n) is 5.27. The standard InChI is InChI=1S/C14H22N4O/c1-11-10-18(9-8-16-11)13(14(19)17(2)3)12-4-6-15-7-5-12/h4-7,11,13,16H,8-10H2,1-3H3. The van der Waals surface area contributed by atoms with Gasteiger partial charge in [0.2, 0.25) is 5.91 Å². The van der Waals surface area contributed by atoms with Crippen molar-refractivity contribution < 1.29 is 4.79 Å². The van der Waals surface area contributed by atoms with E-state index in [0.717, 1.165) is 25.2 Å². The van der Waals surface area contributed by atoms with E-state index >= 15 is 0 Å². The van der Waals surface area contributed by atoms with E-state index in [9.17, 15) is 4.79 Å². The number of nitrogens with zero attached hydrogens (tertiary/aromatic N) is 3. The van der Waals surface area contributed by atoms with Gasteiger partial charge in [0, 0.05) is 52.2 Å². The van der Waals surface area contributed by atoms with Crippen molar-refractivity contribution in [1.29, 1.82) is 0 Å². The molecule has 1 saturated heterocycles. The van der Waals surface area contributed by atoms with Crippen LogP contribution in [0.2, 0.25) is 0 Å². The normalized spacial score (nSPS) is 21.9. The summed E-state index contributed by atoms with van der Waals surface area (Å²) in [5.41, 5.74) is 1.02. The molecule has 1 aliphatic heterocycles. The maximum absolute atomic E-state index is 12.5. The van der Waals surface area contributed by atoms with Gasteiger partial charge in [-0.3, -0.25) is 14.7 Å². The molecule has 1 fully saturated rings. The van der Waals surface area contributed by atoms with Crippen LogP contribution in [0.25, 0.3) is 0 Å². The van der Waals surface area contributed by atoms with Crippen LogP contribution in [0.3, 0.4) is 0 Å². The lowest BCUT2D eigenvalue weighted by molar-refractivity contribution is -0.135.